The molecule has 19 heavy (non-hydrogen) atoms. The van der Waals surface area contributed by atoms with Crippen molar-refractivity contribution in [3.8, 4) is 0 Å². The molecule has 1 saturated heterocycles. The Morgan fingerprint density at radius 3 is 2.58 bits per heavy atom. The van der Waals surface area contributed by atoms with E-state index in [0.29, 0.717) is 22.8 Å². The van der Waals surface area contributed by atoms with Crippen molar-refractivity contribution in [3.05, 3.63) is 0 Å². The van der Waals surface area contributed by atoms with E-state index in [0.717, 1.165) is 37.8 Å². The summed E-state index contributed by atoms with van der Waals surface area (Å²) in [4.78, 5) is 0. The third kappa shape index (κ3) is 2.46. The van der Waals surface area contributed by atoms with Gasteiger partial charge in [0, 0.05) is 6.54 Å². The Labute approximate surface area is 117 Å². The van der Waals surface area contributed by atoms with Crippen molar-refractivity contribution >= 4 is 9.84 Å². The molecule has 2 saturated carbocycles. The topological polar surface area (TPSA) is 46.2 Å². The Balaban J connectivity index is 1.77. The van der Waals surface area contributed by atoms with Crippen molar-refractivity contribution in [2.24, 2.45) is 23.2 Å². The molecular formula is C15H27NO2S. The molecule has 3 fully saturated rings. The number of rotatable bonds is 5. The van der Waals surface area contributed by atoms with E-state index in [9.17, 15) is 8.42 Å². The summed E-state index contributed by atoms with van der Waals surface area (Å²) in [6.45, 7) is 4.32. The molecule has 3 rings (SSSR count). The van der Waals surface area contributed by atoms with Crippen LogP contribution >= 0.6 is 0 Å². The lowest BCUT2D eigenvalue weighted by atomic mass is 9.64. The summed E-state index contributed by atoms with van der Waals surface area (Å²) in [7, 11) is -2.75. The SMILES string of the molecule is CCCNCC1(C2CCS(=O)(=O)C2)CC2CCC1C2. The van der Waals surface area contributed by atoms with Crippen LogP contribution in [0.3, 0.4) is 0 Å². The van der Waals surface area contributed by atoms with Crippen LogP contribution in [0.2, 0.25) is 0 Å². The van der Waals surface area contributed by atoms with E-state index < -0.39 is 9.84 Å². The Kier molecular flexibility index (Phi) is 3.67. The van der Waals surface area contributed by atoms with Gasteiger partial charge in [0.2, 0.25) is 0 Å². The van der Waals surface area contributed by atoms with Gasteiger partial charge in [0.15, 0.2) is 9.84 Å². The average Bonchev–Trinajstić information content (AvgIpc) is 3.03. The minimum atomic E-state index is -2.75. The molecule has 0 aromatic rings. The van der Waals surface area contributed by atoms with E-state index in [2.05, 4.69) is 12.2 Å². The van der Waals surface area contributed by atoms with Gasteiger partial charge in [-0.2, -0.15) is 0 Å². The number of hydrogen-bond acceptors (Lipinski definition) is 3. The Morgan fingerprint density at radius 1 is 1.21 bits per heavy atom. The van der Waals surface area contributed by atoms with E-state index in [1.165, 1.54) is 25.7 Å². The number of fused-ring (bicyclic) bond motifs is 2. The zero-order valence-corrected chi connectivity index (χ0v) is 12.8. The van der Waals surface area contributed by atoms with Crippen molar-refractivity contribution in [1.29, 1.82) is 0 Å². The highest BCUT2D eigenvalue weighted by Gasteiger charge is 2.56. The zero-order valence-electron chi connectivity index (χ0n) is 12.0. The van der Waals surface area contributed by atoms with Gasteiger partial charge in [-0.3, -0.25) is 0 Å². The molecule has 3 aliphatic rings. The molecular weight excluding hydrogens is 258 g/mol. The molecule has 3 nitrogen and oxygen atoms in total. The fourth-order valence-electron chi connectivity index (χ4n) is 5.09. The summed E-state index contributed by atoms with van der Waals surface area (Å²) in [5.41, 5.74) is 0.307. The molecule has 1 aliphatic heterocycles. The highest BCUT2D eigenvalue weighted by molar-refractivity contribution is 7.91. The molecule has 0 aromatic carbocycles. The standard InChI is InChI=1S/C15H27NO2S/c1-2-6-16-11-15(9-12-3-4-13(15)8-12)14-5-7-19(17,18)10-14/h12-14,16H,2-11H2,1H3. The summed E-state index contributed by atoms with van der Waals surface area (Å²) in [6, 6.07) is 0. The van der Waals surface area contributed by atoms with Gasteiger partial charge >= 0.3 is 0 Å². The smallest absolute Gasteiger partial charge is 0.150 e. The van der Waals surface area contributed by atoms with E-state index in [1.807, 2.05) is 0 Å². The number of nitrogens with one attached hydrogen (secondary N) is 1. The second-order valence-corrected chi connectivity index (χ2v) is 9.32. The van der Waals surface area contributed by atoms with E-state index in [-0.39, 0.29) is 0 Å². The third-order valence-corrected chi connectivity index (χ3v) is 7.72. The van der Waals surface area contributed by atoms with Crippen molar-refractivity contribution in [2.75, 3.05) is 24.6 Å². The van der Waals surface area contributed by atoms with Gasteiger partial charge in [-0.15, -0.1) is 0 Å². The lowest BCUT2D eigenvalue weighted by molar-refractivity contribution is 0.0866. The Morgan fingerprint density at radius 2 is 2.05 bits per heavy atom. The summed E-state index contributed by atoms with van der Waals surface area (Å²) in [6.07, 6.45) is 7.46. The minimum absolute atomic E-state index is 0.307. The van der Waals surface area contributed by atoms with Crippen molar-refractivity contribution in [2.45, 2.75) is 45.4 Å². The first-order valence-corrected chi connectivity index (χ1v) is 9.79. The molecule has 0 aromatic heterocycles. The van der Waals surface area contributed by atoms with Crippen molar-refractivity contribution < 1.29 is 8.42 Å². The van der Waals surface area contributed by atoms with Crippen molar-refractivity contribution in [1.82, 2.24) is 5.32 Å². The predicted molar refractivity (Wildman–Crippen MR) is 77.8 cm³/mol. The minimum Gasteiger partial charge on any atom is -0.316 e. The fourth-order valence-corrected chi connectivity index (χ4v) is 7.02. The predicted octanol–water partition coefficient (Wildman–Crippen LogP) is 2.23. The van der Waals surface area contributed by atoms with Crippen LogP contribution in [-0.4, -0.2) is 33.0 Å². The monoisotopic (exact) mass is 285 g/mol. The van der Waals surface area contributed by atoms with E-state index >= 15 is 0 Å². The van der Waals surface area contributed by atoms with Gasteiger partial charge in [-0.05, 0) is 61.8 Å². The number of sulfone groups is 1. The van der Waals surface area contributed by atoms with Gasteiger partial charge in [0.05, 0.1) is 11.5 Å². The maximum absolute atomic E-state index is 11.9. The first-order valence-electron chi connectivity index (χ1n) is 7.97. The summed E-state index contributed by atoms with van der Waals surface area (Å²) < 4.78 is 23.7. The van der Waals surface area contributed by atoms with Crippen LogP contribution in [-0.2, 0) is 9.84 Å². The second kappa shape index (κ2) is 5.03. The molecule has 0 spiro atoms. The average molecular weight is 285 g/mol. The molecule has 0 radical (unpaired) electrons. The molecule has 110 valence electrons. The van der Waals surface area contributed by atoms with Gasteiger partial charge in [-0.25, -0.2) is 8.42 Å². The molecule has 2 aliphatic carbocycles. The van der Waals surface area contributed by atoms with Crippen LogP contribution in [0.5, 0.6) is 0 Å². The van der Waals surface area contributed by atoms with E-state index in [4.69, 9.17) is 0 Å². The highest BCUT2D eigenvalue weighted by Crippen LogP contribution is 2.60. The number of hydrogen-bond donors (Lipinski definition) is 1. The van der Waals surface area contributed by atoms with Gasteiger partial charge in [-0.1, -0.05) is 13.3 Å². The first-order chi connectivity index (χ1) is 9.06. The lowest BCUT2D eigenvalue weighted by Crippen LogP contribution is -2.45. The maximum Gasteiger partial charge on any atom is 0.150 e. The third-order valence-electron chi connectivity index (χ3n) is 5.95. The summed E-state index contributed by atoms with van der Waals surface area (Å²) >= 11 is 0. The quantitative estimate of drug-likeness (QED) is 0.788. The van der Waals surface area contributed by atoms with Gasteiger partial charge in [0.1, 0.15) is 0 Å². The Hall–Kier alpha value is -0.0900. The van der Waals surface area contributed by atoms with Crippen LogP contribution in [0.1, 0.15) is 45.4 Å². The largest absolute Gasteiger partial charge is 0.316 e. The second-order valence-electron chi connectivity index (χ2n) is 7.09. The fraction of sp³-hybridized carbons (Fsp3) is 1.00. The summed E-state index contributed by atoms with van der Waals surface area (Å²) in [5, 5.41) is 3.61. The zero-order chi connectivity index (χ0) is 13.5. The highest BCUT2D eigenvalue weighted by atomic mass is 32.2. The molecule has 4 heteroatoms. The van der Waals surface area contributed by atoms with Crippen LogP contribution in [0.4, 0.5) is 0 Å². The molecule has 1 heterocycles. The summed E-state index contributed by atoms with van der Waals surface area (Å²) in [5.74, 6) is 3.00. The normalized spacial score (nSPS) is 43.9. The van der Waals surface area contributed by atoms with Crippen LogP contribution in [0, 0.1) is 23.2 Å². The maximum atomic E-state index is 11.9. The molecule has 0 amide bonds. The van der Waals surface area contributed by atoms with Crippen LogP contribution in [0.25, 0.3) is 0 Å². The van der Waals surface area contributed by atoms with Crippen molar-refractivity contribution in [3.63, 3.8) is 0 Å². The molecule has 4 unspecified atom stereocenters. The Bertz CT molecular complexity index is 433. The van der Waals surface area contributed by atoms with Gasteiger partial charge < -0.3 is 5.32 Å². The first kappa shape index (κ1) is 13.9. The molecule has 2 bridgehead atoms. The van der Waals surface area contributed by atoms with Crippen LogP contribution in [0.15, 0.2) is 0 Å². The lowest BCUT2D eigenvalue weighted by Gasteiger charge is -2.43. The van der Waals surface area contributed by atoms with Gasteiger partial charge in [0.25, 0.3) is 0 Å². The molecule has 4 atom stereocenters. The van der Waals surface area contributed by atoms with E-state index in [1.54, 1.807) is 0 Å². The molecule has 1 N–H and O–H groups in total. The van der Waals surface area contributed by atoms with Crippen LogP contribution < -0.4 is 5.32 Å².